The van der Waals surface area contributed by atoms with Crippen LogP contribution in [-0.4, -0.2) is 43.1 Å². The van der Waals surface area contributed by atoms with Crippen LogP contribution >= 0.6 is 0 Å². The zero-order chi connectivity index (χ0) is 15.6. The van der Waals surface area contributed by atoms with Crippen molar-refractivity contribution >= 4 is 23.0 Å². The monoisotopic (exact) mass is 314 g/mol. The fraction of sp³-hybridized carbons (Fsp3) is 0.529. The summed E-state index contributed by atoms with van der Waals surface area (Å²) in [4.78, 5) is 19.0. The highest BCUT2D eigenvalue weighted by atomic mass is 16.4. The summed E-state index contributed by atoms with van der Waals surface area (Å²) in [6.45, 7) is 3.52. The lowest BCUT2D eigenvalue weighted by Crippen LogP contribution is -2.44. The van der Waals surface area contributed by atoms with Crippen LogP contribution < -0.4 is 15.5 Å². The number of amides is 1. The van der Waals surface area contributed by atoms with E-state index in [0.29, 0.717) is 12.1 Å². The highest BCUT2D eigenvalue weighted by Crippen LogP contribution is 2.26. The first kappa shape index (κ1) is 14.5. The Morgan fingerprint density at radius 2 is 2.09 bits per heavy atom. The number of aromatic nitrogens is 1. The highest BCUT2D eigenvalue weighted by molar-refractivity contribution is 5.79. The van der Waals surface area contributed by atoms with Crippen molar-refractivity contribution in [2.45, 2.75) is 25.3 Å². The van der Waals surface area contributed by atoms with Gasteiger partial charge in [0.05, 0.1) is 0 Å². The number of nitrogens with one attached hydrogen (secondary N) is 2. The Labute approximate surface area is 135 Å². The SMILES string of the molecule is O=C(NC1CCNC1)C1CCN(c2nc3ccccc3o2)CC1. The molecule has 6 nitrogen and oxygen atoms in total. The molecule has 0 aliphatic carbocycles. The number of carbonyl (C=O) groups excluding carboxylic acids is 1. The highest BCUT2D eigenvalue weighted by Gasteiger charge is 2.28. The number of benzene rings is 1. The molecule has 23 heavy (non-hydrogen) atoms. The molecule has 2 aromatic rings. The second-order valence-electron chi connectivity index (χ2n) is 6.42. The van der Waals surface area contributed by atoms with Gasteiger partial charge in [0.15, 0.2) is 5.58 Å². The van der Waals surface area contributed by atoms with Crippen molar-refractivity contribution in [1.29, 1.82) is 0 Å². The van der Waals surface area contributed by atoms with E-state index >= 15 is 0 Å². The predicted molar refractivity (Wildman–Crippen MR) is 88.4 cm³/mol. The Hall–Kier alpha value is -2.08. The number of fused-ring (bicyclic) bond motifs is 1. The van der Waals surface area contributed by atoms with Crippen LogP contribution in [0.2, 0.25) is 0 Å². The number of piperidine rings is 1. The molecule has 2 saturated heterocycles. The van der Waals surface area contributed by atoms with E-state index < -0.39 is 0 Å². The van der Waals surface area contributed by atoms with Crippen molar-refractivity contribution < 1.29 is 9.21 Å². The number of hydrogen-bond acceptors (Lipinski definition) is 5. The van der Waals surface area contributed by atoms with Gasteiger partial charge in [-0.1, -0.05) is 12.1 Å². The summed E-state index contributed by atoms with van der Waals surface area (Å²) in [6, 6.07) is 8.77. The van der Waals surface area contributed by atoms with Crippen LogP contribution in [-0.2, 0) is 4.79 Å². The third-order valence-electron chi connectivity index (χ3n) is 4.83. The molecule has 3 heterocycles. The van der Waals surface area contributed by atoms with Crippen LogP contribution in [0, 0.1) is 5.92 Å². The Morgan fingerprint density at radius 1 is 1.26 bits per heavy atom. The Kier molecular flexibility index (Phi) is 3.91. The standard InChI is InChI=1S/C17H22N4O2/c22-16(19-13-5-8-18-11-13)12-6-9-21(10-7-12)17-20-14-3-1-2-4-15(14)23-17/h1-4,12-13,18H,5-11H2,(H,19,22). The summed E-state index contributed by atoms with van der Waals surface area (Å²) in [5, 5.41) is 6.44. The number of para-hydroxylation sites is 2. The average Bonchev–Trinajstić information content (AvgIpc) is 3.24. The minimum Gasteiger partial charge on any atom is -0.423 e. The molecular formula is C17H22N4O2. The lowest BCUT2D eigenvalue weighted by molar-refractivity contribution is -0.126. The number of nitrogens with zero attached hydrogens (tertiary/aromatic N) is 2. The third kappa shape index (κ3) is 3.03. The van der Waals surface area contributed by atoms with Gasteiger partial charge in [0, 0.05) is 31.6 Å². The van der Waals surface area contributed by atoms with Crippen LogP contribution in [0.3, 0.4) is 0 Å². The molecule has 4 rings (SSSR count). The van der Waals surface area contributed by atoms with Crippen LogP contribution in [0.5, 0.6) is 0 Å². The lowest BCUT2D eigenvalue weighted by atomic mass is 9.96. The van der Waals surface area contributed by atoms with Crippen LogP contribution in [0.25, 0.3) is 11.1 Å². The largest absolute Gasteiger partial charge is 0.423 e. The molecule has 2 aliphatic heterocycles. The maximum absolute atomic E-state index is 12.3. The topological polar surface area (TPSA) is 70.4 Å². The van der Waals surface area contributed by atoms with Crippen molar-refractivity contribution in [1.82, 2.24) is 15.6 Å². The zero-order valence-electron chi connectivity index (χ0n) is 13.1. The van der Waals surface area contributed by atoms with E-state index in [-0.39, 0.29) is 11.8 Å². The molecule has 0 bridgehead atoms. The molecule has 1 aromatic carbocycles. The summed E-state index contributed by atoms with van der Waals surface area (Å²) in [5.41, 5.74) is 1.70. The maximum Gasteiger partial charge on any atom is 0.298 e. The van der Waals surface area contributed by atoms with Gasteiger partial charge >= 0.3 is 0 Å². The summed E-state index contributed by atoms with van der Waals surface area (Å²) >= 11 is 0. The van der Waals surface area contributed by atoms with Crippen molar-refractivity contribution in [3.8, 4) is 0 Å². The van der Waals surface area contributed by atoms with E-state index in [1.54, 1.807) is 0 Å². The smallest absolute Gasteiger partial charge is 0.298 e. The number of hydrogen-bond donors (Lipinski definition) is 2. The second-order valence-corrected chi connectivity index (χ2v) is 6.42. The van der Waals surface area contributed by atoms with Gasteiger partial charge in [-0.25, -0.2) is 0 Å². The fourth-order valence-electron chi connectivity index (χ4n) is 3.43. The molecule has 122 valence electrons. The summed E-state index contributed by atoms with van der Waals surface area (Å²) < 4.78 is 5.82. The predicted octanol–water partition coefficient (Wildman–Crippen LogP) is 1.52. The normalized spacial score (nSPS) is 22.6. The number of rotatable bonds is 3. The van der Waals surface area contributed by atoms with E-state index in [0.717, 1.165) is 56.5 Å². The van der Waals surface area contributed by atoms with E-state index in [4.69, 9.17) is 4.42 Å². The Bertz CT molecular complexity index is 652. The van der Waals surface area contributed by atoms with Gasteiger partial charge in [0.25, 0.3) is 6.01 Å². The first-order valence-electron chi connectivity index (χ1n) is 8.41. The van der Waals surface area contributed by atoms with Gasteiger partial charge in [-0.3, -0.25) is 4.79 Å². The number of anilines is 1. The second kappa shape index (κ2) is 6.20. The van der Waals surface area contributed by atoms with Gasteiger partial charge in [-0.15, -0.1) is 0 Å². The first-order chi connectivity index (χ1) is 11.3. The fourth-order valence-corrected chi connectivity index (χ4v) is 3.43. The molecule has 1 unspecified atom stereocenters. The lowest BCUT2D eigenvalue weighted by Gasteiger charge is -2.30. The van der Waals surface area contributed by atoms with Crippen molar-refractivity contribution in [2.75, 3.05) is 31.1 Å². The van der Waals surface area contributed by atoms with Crippen LogP contribution in [0.1, 0.15) is 19.3 Å². The Morgan fingerprint density at radius 3 is 2.83 bits per heavy atom. The van der Waals surface area contributed by atoms with Crippen LogP contribution in [0.15, 0.2) is 28.7 Å². The molecule has 0 saturated carbocycles. The molecule has 2 fully saturated rings. The van der Waals surface area contributed by atoms with E-state index in [1.807, 2.05) is 24.3 Å². The Balaban J connectivity index is 1.35. The maximum atomic E-state index is 12.3. The van der Waals surface area contributed by atoms with Crippen molar-refractivity contribution in [2.24, 2.45) is 5.92 Å². The van der Waals surface area contributed by atoms with Gasteiger partial charge in [-0.2, -0.15) is 4.98 Å². The molecule has 2 aliphatic rings. The van der Waals surface area contributed by atoms with Gasteiger partial charge < -0.3 is 20.0 Å². The van der Waals surface area contributed by atoms with Crippen molar-refractivity contribution in [3.63, 3.8) is 0 Å². The molecule has 0 radical (unpaired) electrons. The first-order valence-corrected chi connectivity index (χ1v) is 8.41. The van der Waals surface area contributed by atoms with Gasteiger partial charge in [0.2, 0.25) is 5.91 Å². The molecule has 1 aromatic heterocycles. The average molecular weight is 314 g/mol. The molecule has 2 N–H and O–H groups in total. The molecule has 6 heteroatoms. The van der Waals surface area contributed by atoms with E-state index in [1.165, 1.54) is 0 Å². The summed E-state index contributed by atoms with van der Waals surface area (Å²) in [7, 11) is 0. The minimum atomic E-state index is 0.108. The number of carbonyl (C=O) groups is 1. The molecule has 0 spiro atoms. The quantitative estimate of drug-likeness (QED) is 0.899. The molecular weight excluding hydrogens is 292 g/mol. The molecule has 1 atom stereocenters. The van der Waals surface area contributed by atoms with Gasteiger partial charge in [0.1, 0.15) is 5.52 Å². The summed E-state index contributed by atoms with van der Waals surface area (Å²) in [6.07, 6.45) is 2.74. The summed E-state index contributed by atoms with van der Waals surface area (Å²) in [5.74, 6) is 0.312. The molecule has 1 amide bonds. The van der Waals surface area contributed by atoms with Crippen molar-refractivity contribution in [3.05, 3.63) is 24.3 Å². The minimum absolute atomic E-state index is 0.108. The van der Waals surface area contributed by atoms with E-state index in [2.05, 4.69) is 20.5 Å². The van der Waals surface area contributed by atoms with Crippen LogP contribution in [0.4, 0.5) is 6.01 Å². The third-order valence-corrected chi connectivity index (χ3v) is 4.83. The van der Waals surface area contributed by atoms with Gasteiger partial charge in [-0.05, 0) is 37.9 Å². The van der Waals surface area contributed by atoms with E-state index in [9.17, 15) is 4.79 Å². The number of oxazole rings is 1. The zero-order valence-corrected chi connectivity index (χ0v) is 13.1.